The van der Waals surface area contributed by atoms with Crippen molar-refractivity contribution >= 4 is 11.9 Å². The van der Waals surface area contributed by atoms with E-state index >= 15 is 0 Å². The van der Waals surface area contributed by atoms with Gasteiger partial charge in [-0.3, -0.25) is 9.59 Å². The molecular weight excluding hydrogens is 1020 g/mol. The number of allylic oxidation sites excluding steroid dienone is 3. The fourth-order valence-corrected chi connectivity index (χ4v) is 12.2. The van der Waals surface area contributed by atoms with Crippen molar-refractivity contribution < 1.29 is 24.5 Å². The van der Waals surface area contributed by atoms with Crippen LogP contribution in [0.3, 0.4) is 0 Å². The summed E-state index contributed by atoms with van der Waals surface area (Å²) in [6.07, 6.45) is 93.0. The summed E-state index contributed by atoms with van der Waals surface area (Å²) in [6, 6.07) is -0.623. The largest absolute Gasteiger partial charge is 0.466 e. The molecule has 0 fully saturated rings. The molecule has 0 rings (SSSR count). The van der Waals surface area contributed by atoms with Crippen LogP contribution in [-0.4, -0.2) is 47.4 Å². The highest BCUT2D eigenvalue weighted by atomic mass is 16.5. The average Bonchev–Trinajstić information content (AvgIpc) is 3.49. The van der Waals surface area contributed by atoms with Gasteiger partial charge in [0.25, 0.3) is 0 Å². The molecule has 0 aromatic heterocycles. The van der Waals surface area contributed by atoms with Crippen molar-refractivity contribution in [1.29, 1.82) is 0 Å². The highest BCUT2D eigenvalue weighted by molar-refractivity contribution is 5.76. The molecule has 0 aromatic rings. The van der Waals surface area contributed by atoms with Crippen molar-refractivity contribution in [2.24, 2.45) is 0 Å². The van der Waals surface area contributed by atoms with Crippen LogP contribution in [0.1, 0.15) is 431 Å². The molecule has 3 N–H and O–H groups in total. The van der Waals surface area contributed by atoms with Crippen LogP contribution in [0, 0.1) is 0 Å². The standard InChI is InChI=1S/C77H149NO5/c1-3-5-7-9-11-13-15-17-42-45-49-53-57-61-65-69-75(80)74(73-79)78-76(81)70-66-62-58-54-50-46-43-40-38-36-34-32-30-28-26-24-22-20-19-21-23-25-27-29-31-33-35-37-39-41-44-48-52-56-60-64-68-72-83-77(82)71-67-63-59-55-51-47-18-16-14-12-10-8-6-4-2/h16,18,65,69,74-75,79-80H,3-15,17,19-64,66-68,70-73H2,1-2H3,(H,78,81)/b18-16-,69-65+. The minimum absolute atomic E-state index is 0.0153. The Hall–Kier alpha value is -1.66. The number of ether oxygens (including phenoxy) is 1. The number of hydrogen-bond acceptors (Lipinski definition) is 5. The maximum absolute atomic E-state index is 12.5. The molecule has 0 bridgehead atoms. The first kappa shape index (κ1) is 81.3. The number of nitrogens with one attached hydrogen (secondary N) is 1. The number of rotatable bonds is 72. The zero-order chi connectivity index (χ0) is 59.9. The molecule has 0 radical (unpaired) electrons. The predicted molar refractivity (Wildman–Crippen MR) is 366 cm³/mol. The number of carbonyl (C=O) groups excluding carboxylic acids is 2. The van der Waals surface area contributed by atoms with Crippen molar-refractivity contribution in [1.82, 2.24) is 5.32 Å². The second kappa shape index (κ2) is 72.8. The van der Waals surface area contributed by atoms with Crippen LogP contribution in [0.4, 0.5) is 0 Å². The Morgan fingerprint density at radius 1 is 0.325 bits per heavy atom. The third kappa shape index (κ3) is 69.3. The third-order valence-corrected chi connectivity index (χ3v) is 18.0. The smallest absolute Gasteiger partial charge is 0.305 e. The molecule has 0 aliphatic rings. The molecule has 0 aromatic carbocycles. The first-order valence-corrected chi connectivity index (χ1v) is 38.1. The zero-order valence-electron chi connectivity index (χ0n) is 56.5. The molecular formula is C77H149NO5. The van der Waals surface area contributed by atoms with E-state index in [1.54, 1.807) is 6.08 Å². The number of aliphatic hydroxyl groups is 2. The minimum Gasteiger partial charge on any atom is -0.466 e. The molecule has 2 atom stereocenters. The highest BCUT2D eigenvalue weighted by Gasteiger charge is 2.18. The zero-order valence-corrected chi connectivity index (χ0v) is 56.5. The number of hydrogen-bond donors (Lipinski definition) is 3. The van der Waals surface area contributed by atoms with Crippen LogP contribution < -0.4 is 5.32 Å². The number of amides is 1. The van der Waals surface area contributed by atoms with Gasteiger partial charge in [0, 0.05) is 12.8 Å². The van der Waals surface area contributed by atoms with E-state index in [2.05, 4.69) is 31.3 Å². The van der Waals surface area contributed by atoms with Gasteiger partial charge in [-0.25, -0.2) is 0 Å². The van der Waals surface area contributed by atoms with Crippen LogP contribution in [0.2, 0.25) is 0 Å². The van der Waals surface area contributed by atoms with E-state index in [4.69, 9.17) is 4.74 Å². The Labute approximate surface area is 520 Å². The Kier molecular flexibility index (Phi) is 71.4. The predicted octanol–water partition coefficient (Wildman–Crippen LogP) is 24.9. The van der Waals surface area contributed by atoms with E-state index in [9.17, 15) is 19.8 Å². The van der Waals surface area contributed by atoms with Crippen LogP contribution >= 0.6 is 0 Å². The summed E-state index contributed by atoms with van der Waals surface area (Å²) in [7, 11) is 0. The summed E-state index contributed by atoms with van der Waals surface area (Å²) in [6.45, 7) is 4.93. The third-order valence-electron chi connectivity index (χ3n) is 18.0. The lowest BCUT2D eigenvalue weighted by Gasteiger charge is -2.20. The van der Waals surface area contributed by atoms with Crippen molar-refractivity contribution in [3.63, 3.8) is 0 Å². The number of aliphatic hydroxyl groups excluding tert-OH is 2. The quantitative estimate of drug-likeness (QED) is 0.0320. The molecule has 0 spiro atoms. The van der Waals surface area contributed by atoms with Gasteiger partial charge in [0.2, 0.25) is 5.91 Å². The number of esters is 1. The van der Waals surface area contributed by atoms with Crippen LogP contribution in [-0.2, 0) is 14.3 Å². The summed E-state index contributed by atoms with van der Waals surface area (Å²) in [5.74, 6) is -0.0441. The number of carbonyl (C=O) groups is 2. The van der Waals surface area contributed by atoms with E-state index in [-0.39, 0.29) is 18.5 Å². The van der Waals surface area contributed by atoms with E-state index < -0.39 is 12.1 Å². The average molecular weight is 1170 g/mol. The minimum atomic E-state index is -0.840. The maximum atomic E-state index is 12.5. The van der Waals surface area contributed by atoms with Crippen LogP contribution in [0.15, 0.2) is 24.3 Å². The highest BCUT2D eigenvalue weighted by Crippen LogP contribution is 2.20. The van der Waals surface area contributed by atoms with Crippen LogP contribution in [0.25, 0.3) is 0 Å². The van der Waals surface area contributed by atoms with Gasteiger partial charge in [-0.05, 0) is 57.8 Å². The second-order valence-corrected chi connectivity index (χ2v) is 26.3. The summed E-state index contributed by atoms with van der Waals surface area (Å²) in [4.78, 5) is 24.6. The fourth-order valence-electron chi connectivity index (χ4n) is 12.2. The summed E-state index contributed by atoms with van der Waals surface area (Å²) in [5.41, 5.74) is 0. The van der Waals surface area contributed by atoms with E-state index in [0.29, 0.717) is 19.4 Å². The SMILES string of the molecule is CCCCCCC/C=C\CCCCCCCC(=O)OCCCCCCCCCCCCCCCCCCCCCCCCCCCCCCCCCCCCCCCC(=O)NC(CO)C(O)/C=C/CCCCCCCCCCCCCCC. The lowest BCUT2D eigenvalue weighted by Crippen LogP contribution is -2.45. The molecule has 0 saturated heterocycles. The van der Waals surface area contributed by atoms with Crippen molar-refractivity contribution in [3.05, 3.63) is 24.3 Å². The molecule has 0 aliphatic heterocycles. The van der Waals surface area contributed by atoms with Gasteiger partial charge in [0.15, 0.2) is 0 Å². The van der Waals surface area contributed by atoms with Crippen molar-refractivity contribution in [2.45, 2.75) is 443 Å². The van der Waals surface area contributed by atoms with Crippen molar-refractivity contribution in [3.8, 4) is 0 Å². The lowest BCUT2D eigenvalue weighted by atomic mass is 10.0. The van der Waals surface area contributed by atoms with Gasteiger partial charge in [0.05, 0.1) is 25.4 Å². The molecule has 492 valence electrons. The Balaban J connectivity index is 3.30. The fraction of sp³-hybridized carbons (Fsp3) is 0.922. The van der Waals surface area contributed by atoms with Gasteiger partial charge in [-0.15, -0.1) is 0 Å². The molecule has 0 heterocycles. The molecule has 0 saturated carbocycles. The molecule has 1 amide bonds. The maximum Gasteiger partial charge on any atom is 0.305 e. The van der Waals surface area contributed by atoms with E-state index in [0.717, 1.165) is 44.9 Å². The van der Waals surface area contributed by atoms with E-state index in [1.165, 1.54) is 360 Å². The molecule has 83 heavy (non-hydrogen) atoms. The Morgan fingerprint density at radius 2 is 0.566 bits per heavy atom. The Morgan fingerprint density at radius 3 is 0.855 bits per heavy atom. The van der Waals surface area contributed by atoms with Gasteiger partial charge in [0.1, 0.15) is 0 Å². The lowest BCUT2D eigenvalue weighted by molar-refractivity contribution is -0.143. The van der Waals surface area contributed by atoms with Crippen molar-refractivity contribution in [2.75, 3.05) is 13.2 Å². The summed E-state index contributed by atoms with van der Waals surface area (Å²) in [5, 5.41) is 23.2. The first-order chi connectivity index (χ1) is 41.0. The second-order valence-electron chi connectivity index (χ2n) is 26.3. The molecule has 6 nitrogen and oxygen atoms in total. The number of unbranched alkanes of at least 4 members (excludes halogenated alkanes) is 59. The Bertz CT molecular complexity index is 1300. The van der Waals surface area contributed by atoms with Gasteiger partial charge >= 0.3 is 5.97 Å². The monoisotopic (exact) mass is 1170 g/mol. The van der Waals surface area contributed by atoms with Gasteiger partial charge < -0.3 is 20.3 Å². The first-order valence-electron chi connectivity index (χ1n) is 38.1. The van der Waals surface area contributed by atoms with Gasteiger partial charge in [-0.1, -0.05) is 385 Å². The molecule has 6 heteroatoms. The summed E-state index contributed by atoms with van der Waals surface area (Å²) >= 11 is 0. The molecule has 0 aliphatic carbocycles. The normalized spacial score (nSPS) is 12.6. The van der Waals surface area contributed by atoms with Gasteiger partial charge in [-0.2, -0.15) is 0 Å². The molecule has 2 unspecified atom stereocenters. The topological polar surface area (TPSA) is 95.9 Å². The van der Waals surface area contributed by atoms with E-state index in [1.807, 2.05) is 6.08 Å². The summed E-state index contributed by atoms with van der Waals surface area (Å²) < 4.78 is 5.49. The van der Waals surface area contributed by atoms with Crippen LogP contribution in [0.5, 0.6) is 0 Å².